The Kier molecular flexibility index (Phi) is 4.16. The van der Waals surface area contributed by atoms with Gasteiger partial charge in [-0.15, -0.1) is 0 Å². The first-order valence-corrected chi connectivity index (χ1v) is 6.73. The van der Waals surface area contributed by atoms with E-state index in [1.165, 1.54) is 0 Å². The molecule has 0 atom stereocenters. The summed E-state index contributed by atoms with van der Waals surface area (Å²) in [6.45, 7) is 3.30. The summed E-state index contributed by atoms with van der Waals surface area (Å²) < 4.78 is 5.90. The number of ketones is 1. The Balaban J connectivity index is 2.07. The van der Waals surface area contributed by atoms with Crippen LogP contribution in [0.1, 0.15) is 19.8 Å². The van der Waals surface area contributed by atoms with Crippen LogP contribution in [0.15, 0.2) is 10.7 Å². The fraction of sp³-hybridized carbons (Fsp3) is 0.583. The molecule has 1 saturated heterocycles. The normalized spacial score (nSPS) is 16.7. The van der Waals surface area contributed by atoms with Gasteiger partial charge in [-0.2, -0.15) is 4.98 Å². The van der Waals surface area contributed by atoms with Crippen LogP contribution in [0.2, 0.25) is 0 Å². The lowest BCUT2D eigenvalue weighted by molar-refractivity contribution is -0.121. The molecule has 1 aliphatic heterocycles. The van der Waals surface area contributed by atoms with Crippen LogP contribution >= 0.6 is 15.9 Å². The third kappa shape index (κ3) is 2.80. The molecule has 98 valence electrons. The number of methoxy groups -OCH3 is 1. The lowest BCUT2D eigenvalue weighted by atomic mass is 9.93. The molecular formula is C12H16BrN3O2. The van der Waals surface area contributed by atoms with E-state index in [0.717, 1.165) is 30.4 Å². The Morgan fingerprint density at radius 3 is 2.72 bits per heavy atom. The first-order valence-electron chi connectivity index (χ1n) is 5.93. The van der Waals surface area contributed by atoms with Crippen LogP contribution in [0.4, 0.5) is 5.95 Å². The van der Waals surface area contributed by atoms with Gasteiger partial charge in [0, 0.05) is 19.0 Å². The van der Waals surface area contributed by atoms with Crippen LogP contribution in [0.25, 0.3) is 0 Å². The summed E-state index contributed by atoms with van der Waals surface area (Å²) in [6.07, 6.45) is 3.44. The topological polar surface area (TPSA) is 55.3 Å². The van der Waals surface area contributed by atoms with Gasteiger partial charge in [0.15, 0.2) is 0 Å². The fourth-order valence-corrected chi connectivity index (χ4v) is 2.48. The van der Waals surface area contributed by atoms with Gasteiger partial charge in [-0.05, 0) is 35.7 Å². The number of aromatic nitrogens is 2. The Bertz CT molecular complexity index is 445. The van der Waals surface area contributed by atoms with Crippen molar-refractivity contribution in [1.29, 1.82) is 0 Å². The van der Waals surface area contributed by atoms with Gasteiger partial charge >= 0.3 is 0 Å². The van der Waals surface area contributed by atoms with Crippen molar-refractivity contribution in [2.75, 3.05) is 25.1 Å². The summed E-state index contributed by atoms with van der Waals surface area (Å²) in [5.74, 6) is 1.67. The zero-order valence-electron chi connectivity index (χ0n) is 10.5. The minimum Gasteiger partial charge on any atom is -0.480 e. The summed E-state index contributed by atoms with van der Waals surface area (Å²) in [5.41, 5.74) is 0. The highest BCUT2D eigenvalue weighted by Gasteiger charge is 2.24. The molecule has 0 unspecified atom stereocenters. The van der Waals surface area contributed by atoms with Gasteiger partial charge in [-0.3, -0.25) is 4.79 Å². The number of nitrogens with zero attached hydrogens (tertiary/aromatic N) is 3. The lowest BCUT2D eigenvalue weighted by Crippen LogP contribution is -2.36. The second kappa shape index (κ2) is 5.65. The summed E-state index contributed by atoms with van der Waals surface area (Å²) >= 11 is 3.33. The molecule has 6 heteroatoms. The van der Waals surface area contributed by atoms with Gasteiger partial charge in [-0.1, -0.05) is 0 Å². The van der Waals surface area contributed by atoms with E-state index < -0.39 is 0 Å². The monoisotopic (exact) mass is 313 g/mol. The number of ether oxygens (including phenoxy) is 1. The third-order valence-corrected chi connectivity index (χ3v) is 3.79. The predicted molar refractivity (Wildman–Crippen MR) is 71.9 cm³/mol. The maximum Gasteiger partial charge on any atom is 0.232 e. The van der Waals surface area contributed by atoms with Crippen molar-refractivity contribution in [3.63, 3.8) is 0 Å². The minimum atomic E-state index is 0.193. The zero-order chi connectivity index (χ0) is 13.1. The van der Waals surface area contributed by atoms with Crippen molar-refractivity contribution in [2.24, 2.45) is 5.92 Å². The molecule has 1 aliphatic rings. The van der Waals surface area contributed by atoms with Crippen LogP contribution in [0, 0.1) is 5.92 Å². The number of carbonyl (C=O) groups excluding carboxylic acids is 1. The van der Waals surface area contributed by atoms with Crippen LogP contribution in [-0.4, -0.2) is 36.0 Å². The first-order chi connectivity index (χ1) is 8.61. The molecule has 2 rings (SSSR count). The Hall–Kier alpha value is -1.17. The van der Waals surface area contributed by atoms with E-state index in [9.17, 15) is 4.79 Å². The largest absolute Gasteiger partial charge is 0.480 e. The molecule has 0 N–H and O–H groups in total. The summed E-state index contributed by atoms with van der Waals surface area (Å²) in [7, 11) is 1.58. The van der Waals surface area contributed by atoms with E-state index >= 15 is 0 Å². The Morgan fingerprint density at radius 1 is 1.50 bits per heavy atom. The number of rotatable bonds is 3. The Morgan fingerprint density at radius 2 is 2.17 bits per heavy atom. The maximum absolute atomic E-state index is 11.3. The zero-order valence-corrected chi connectivity index (χ0v) is 12.1. The molecule has 0 spiro atoms. The molecule has 18 heavy (non-hydrogen) atoms. The molecule has 0 bridgehead atoms. The third-order valence-electron chi connectivity index (χ3n) is 3.25. The molecule has 1 aromatic heterocycles. The van der Waals surface area contributed by atoms with E-state index in [0.29, 0.717) is 11.8 Å². The van der Waals surface area contributed by atoms with Gasteiger partial charge in [0.25, 0.3) is 0 Å². The van der Waals surface area contributed by atoms with E-state index in [1.54, 1.807) is 20.2 Å². The molecule has 0 aromatic carbocycles. The average Bonchev–Trinajstić information content (AvgIpc) is 2.39. The van der Waals surface area contributed by atoms with E-state index in [2.05, 4.69) is 30.8 Å². The summed E-state index contributed by atoms with van der Waals surface area (Å²) in [5, 5.41) is 0. The highest BCUT2D eigenvalue weighted by atomic mass is 79.9. The first kappa shape index (κ1) is 13.3. The van der Waals surface area contributed by atoms with Crippen molar-refractivity contribution in [1.82, 2.24) is 9.97 Å². The van der Waals surface area contributed by atoms with Crippen LogP contribution in [0.5, 0.6) is 5.88 Å². The lowest BCUT2D eigenvalue weighted by Gasteiger charge is -2.30. The Labute approximate surface area is 115 Å². The average molecular weight is 314 g/mol. The summed E-state index contributed by atoms with van der Waals surface area (Å²) in [6, 6.07) is 0. The van der Waals surface area contributed by atoms with Gasteiger partial charge < -0.3 is 9.64 Å². The van der Waals surface area contributed by atoms with Crippen molar-refractivity contribution < 1.29 is 9.53 Å². The van der Waals surface area contributed by atoms with E-state index in [4.69, 9.17) is 4.74 Å². The number of hydrogen-bond acceptors (Lipinski definition) is 5. The smallest absolute Gasteiger partial charge is 0.232 e. The van der Waals surface area contributed by atoms with Gasteiger partial charge in [0.1, 0.15) is 5.78 Å². The molecule has 5 nitrogen and oxygen atoms in total. The molecule has 0 radical (unpaired) electrons. The fourth-order valence-electron chi connectivity index (χ4n) is 2.12. The highest BCUT2D eigenvalue weighted by molar-refractivity contribution is 9.10. The number of carbonyl (C=O) groups is 1. The number of piperidine rings is 1. The SMILES string of the molecule is COc1nc(N2CCC(C(C)=O)CC2)ncc1Br. The number of Topliss-reactive ketones (excluding diaryl/α,β-unsaturated/α-hetero) is 1. The molecule has 2 heterocycles. The van der Waals surface area contributed by atoms with Gasteiger partial charge in [0.2, 0.25) is 11.8 Å². The van der Waals surface area contributed by atoms with Crippen LogP contribution in [-0.2, 0) is 4.79 Å². The minimum absolute atomic E-state index is 0.193. The number of hydrogen-bond donors (Lipinski definition) is 0. The van der Waals surface area contributed by atoms with Crippen molar-refractivity contribution in [3.8, 4) is 5.88 Å². The van der Waals surface area contributed by atoms with Crippen molar-refractivity contribution in [3.05, 3.63) is 10.7 Å². The second-order valence-electron chi connectivity index (χ2n) is 4.40. The van der Waals surface area contributed by atoms with Crippen molar-refractivity contribution in [2.45, 2.75) is 19.8 Å². The quantitative estimate of drug-likeness (QED) is 0.855. The van der Waals surface area contributed by atoms with E-state index in [-0.39, 0.29) is 11.7 Å². The van der Waals surface area contributed by atoms with Crippen LogP contribution in [0.3, 0.4) is 0 Å². The number of halogens is 1. The molecule has 0 saturated carbocycles. The van der Waals surface area contributed by atoms with E-state index in [1.807, 2.05) is 0 Å². The highest BCUT2D eigenvalue weighted by Crippen LogP contribution is 2.26. The standard InChI is InChI=1S/C12H16BrN3O2/c1-8(17)9-3-5-16(6-4-9)12-14-7-10(13)11(15-12)18-2/h7,9H,3-6H2,1-2H3. The predicted octanol–water partition coefficient (Wildman–Crippen LogP) is 2.05. The molecular weight excluding hydrogens is 298 g/mol. The molecule has 1 fully saturated rings. The second-order valence-corrected chi connectivity index (χ2v) is 5.25. The summed E-state index contributed by atoms with van der Waals surface area (Å²) in [4.78, 5) is 22.0. The molecule has 1 aromatic rings. The maximum atomic E-state index is 11.3. The van der Waals surface area contributed by atoms with Gasteiger partial charge in [-0.25, -0.2) is 4.98 Å². The van der Waals surface area contributed by atoms with Crippen LogP contribution < -0.4 is 9.64 Å². The molecule has 0 aliphatic carbocycles. The number of anilines is 1. The molecule has 0 amide bonds. The van der Waals surface area contributed by atoms with Gasteiger partial charge in [0.05, 0.1) is 17.8 Å². The van der Waals surface area contributed by atoms with Crippen molar-refractivity contribution >= 4 is 27.7 Å².